The van der Waals surface area contributed by atoms with Gasteiger partial charge in [-0.05, 0) is 62.9 Å². The van der Waals surface area contributed by atoms with E-state index < -0.39 is 0 Å². The van der Waals surface area contributed by atoms with Crippen LogP contribution in [0.2, 0.25) is 0 Å². The molecule has 0 saturated carbocycles. The van der Waals surface area contributed by atoms with E-state index in [-0.39, 0.29) is 5.82 Å². The van der Waals surface area contributed by atoms with Crippen molar-refractivity contribution < 1.29 is 4.39 Å². The summed E-state index contributed by atoms with van der Waals surface area (Å²) in [5.41, 5.74) is 2.26. The average molecular weight is 276 g/mol. The molecule has 2 bridgehead atoms. The van der Waals surface area contributed by atoms with Crippen LogP contribution in [0.25, 0.3) is 0 Å². The summed E-state index contributed by atoms with van der Waals surface area (Å²) in [6, 6.07) is 7.23. The second kappa shape index (κ2) is 5.82. The molecule has 0 aliphatic carbocycles. The lowest BCUT2D eigenvalue weighted by Crippen LogP contribution is -2.54. The standard InChI is InChI=1S/C17H25FN2/c1-12-8-14(18)7-6-13(12)11-19-15-9-16-4-3-5-17(10-15)20(16)2/h6-8,15-17,19H,3-5,9-11H2,1-2H3. The van der Waals surface area contributed by atoms with Gasteiger partial charge in [-0.3, -0.25) is 0 Å². The molecule has 2 aliphatic rings. The minimum atomic E-state index is -0.139. The number of fused-ring (bicyclic) bond motifs is 2. The fourth-order valence-corrected chi connectivity index (χ4v) is 3.89. The molecule has 1 N–H and O–H groups in total. The Kier molecular flexibility index (Phi) is 4.08. The Bertz CT molecular complexity index is 460. The molecule has 0 aromatic heterocycles. The van der Waals surface area contributed by atoms with Gasteiger partial charge in [0, 0.05) is 24.7 Å². The van der Waals surface area contributed by atoms with Crippen LogP contribution in [0.5, 0.6) is 0 Å². The summed E-state index contributed by atoms with van der Waals surface area (Å²) in [5.74, 6) is -0.139. The minimum Gasteiger partial charge on any atom is -0.310 e. The maximum absolute atomic E-state index is 13.1. The number of rotatable bonds is 3. The molecule has 20 heavy (non-hydrogen) atoms. The van der Waals surface area contributed by atoms with Crippen LogP contribution in [0.4, 0.5) is 4.39 Å². The highest BCUT2D eigenvalue weighted by atomic mass is 19.1. The van der Waals surface area contributed by atoms with Gasteiger partial charge in [-0.15, -0.1) is 0 Å². The van der Waals surface area contributed by atoms with Crippen molar-refractivity contribution in [3.63, 3.8) is 0 Å². The number of halogens is 1. The third-order valence-corrected chi connectivity index (χ3v) is 5.23. The summed E-state index contributed by atoms with van der Waals surface area (Å²) in [7, 11) is 2.29. The first-order valence-corrected chi connectivity index (χ1v) is 7.84. The number of aryl methyl sites for hydroxylation is 1. The van der Waals surface area contributed by atoms with Gasteiger partial charge < -0.3 is 10.2 Å². The molecule has 2 atom stereocenters. The Morgan fingerprint density at radius 2 is 1.95 bits per heavy atom. The summed E-state index contributed by atoms with van der Waals surface area (Å²) in [5, 5.41) is 3.70. The highest BCUT2D eigenvalue weighted by Crippen LogP contribution is 2.32. The maximum Gasteiger partial charge on any atom is 0.123 e. The van der Waals surface area contributed by atoms with Gasteiger partial charge in [0.2, 0.25) is 0 Å². The second-order valence-electron chi connectivity index (χ2n) is 6.52. The summed E-state index contributed by atoms with van der Waals surface area (Å²) in [4.78, 5) is 2.59. The van der Waals surface area contributed by atoms with Gasteiger partial charge in [0.15, 0.2) is 0 Å². The normalized spacial score (nSPS) is 30.4. The van der Waals surface area contributed by atoms with E-state index in [1.165, 1.54) is 37.7 Å². The summed E-state index contributed by atoms with van der Waals surface area (Å²) >= 11 is 0. The molecule has 3 heteroatoms. The molecular weight excluding hydrogens is 251 g/mol. The lowest BCUT2D eigenvalue weighted by Gasteiger charge is -2.47. The zero-order valence-electron chi connectivity index (χ0n) is 12.5. The van der Waals surface area contributed by atoms with Crippen LogP contribution in [-0.4, -0.2) is 30.1 Å². The van der Waals surface area contributed by atoms with Crippen molar-refractivity contribution in [2.24, 2.45) is 0 Å². The fraction of sp³-hybridized carbons (Fsp3) is 0.647. The number of benzene rings is 1. The monoisotopic (exact) mass is 276 g/mol. The van der Waals surface area contributed by atoms with Crippen LogP contribution >= 0.6 is 0 Å². The van der Waals surface area contributed by atoms with Crippen molar-refractivity contribution in [2.45, 2.75) is 63.7 Å². The quantitative estimate of drug-likeness (QED) is 0.912. The van der Waals surface area contributed by atoms with Crippen molar-refractivity contribution in [3.8, 4) is 0 Å². The summed E-state index contributed by atoms with van der Waals surface area (Å²) < 4.78 is 13.1. The van der Waals surface area contributed by atoms with Gasteiger partial charge >= 0.3 is 0 Å². The zero-order valence-corrected chi connectivity index (χ0v) is 12.5. The zero-order chi connectivity index (χ0) is 14.1. The van der Waals surface area contributed by atoms with E-state index >= 15 is 0 Å². The van der Waals surface area contributed by atoms with Gasteiger partial charge in [0.05, 0.1) is 0 Å². The van der Waals surface area contributed by atoms with E-state index in [4.69, 9.17) is 0 Å². The second-order valence-corrected chi connectivity index (χ2v) is 6.52. The van der Waals surface area contributed by atoms with E-state index in [0.29, 0.717) is 6.04 Å². The van der Waals surface area contributed by atoms with Crippen LogP contribution in [-0.2, 0) is 6.54 Å². The lowest BCUT2D eigenvalue weighted by molar-refractivity contribution is 0.0482. The van der Waals surface area contributed by atoms with E-state index in [0.717, 1.165) is 24.2 Å². The predicted octanol–water partition coefficient (Wildman–Crippen LogP) is 3.24. The molecule has 3 rings (SSSR count). The predicted molar refractivity (Wildman–Crippen MR) is 80.2 cm³/mol. The lowest BCUT2D eigenvalue weighted by atomic mass is 9.82. The number of hydrogen-bond donors (Lipinski definition) is 1. The Labute approximate surface area is 121 Å². The number of nitrogens with one attached hydrogen (secondary N) is 1. The molecule has 2 saturated heterocycles. The van der Waals surface area contributed by atoms with Crippen molar-refractivity contribution >= 4 is 0 Å². The Morgan fingerprint density at radius 3 is 2.60 bits per heavy atom. The highest BCUT2D eigenvalue weighted by Gasteiger charge is 2.35. The summed E-state index contributed by atoms with van der Waals surface area (Å²) in [6.45, 7) is 2.85. The van der Waals surface area contributed by atoms with Gasteiger partial charge in [-0.1, -0.05) is 12.5 Å². The van der Waals surface area contributed by atoms with E-state index in [2.05, 4.69) is 17.3 Å². The molecule has 2 nitrogen and oxygen atoms in total. The largest absolute Gasteiger partial charge is 0.310 e. The van der Waals surface area contributed by atoms with Crippen LogP contribution in [0.15, 0.2) is 18.2 Å². The first kappa shape index (κ1) is 14.0. The van der Waals surface area contributed by atoms with Crippen LogP contribution in [0.3, 0.4) is 0 Å². The minimum absolute atomic E-state index is 0.139. The molecule has 0 radical (unpaired) electrons. The molecule has 2 aliphatic heterocycles. The van der Waals surface area contributed by atoms with Crippen molar-refractivity contribution in [1.29, 1.82) is 0 Å². The third-order valence-electron chi connectivity index (χ3n) is 5.23. The highest BCUT2D eigenvalue weighted by molar-refractivity contribution is 5.26. The molecule has 2 fully saturated rings. The van der Waals surface area contributed by atoms with Gasteiger partial charge in [-0.2, -0.15) is 0 Å². The Balaban J connectivity index is 1.59. The van der Waals surface area contributed by atoms with Crippen LogP contribution in [0, 0.1) is 12.7 Å². The number of nitrogens with zero attached hydrogens (tertiary/aromatic N) is 1. The third kappa shape index (κ3) is 2.89. The van der Waals surface area contributed by atoms with E-state index in [9.17, 15) is 4.39 Å². The Morgan fingerprint density at radius 1 is 1.25 bits per heavy atom. The number of piperidine rings is 2. The molecule has 1 aromatic rings. The molecule has 0 amide bonds. The Hall–Kier alpha value is -0.930. The smallest absolute Gasteiger partial charge is 0.123 e. The maximum atomic E-state index is 13.1. The van der Waals surface area contributed by atoms with E-state index in [1.54, 1.807) is 12.1 Å². The van der Waals surface area contributed by atoms with Gasteiger partial charge in [-0.25, -0.2) is 4.39 Å². The molecule has 0 spiro atoms. The van der Waals surface area contributed by atoms with Crippen LogP contribution < -0.4 is 5.32 Å². The molecule has 2 unspecified atom stereocenters. The van der Waals surface area contributed by atoms with Crippen molar-refractivity contribution in [3.05, 3.63) is 35.1 Å². The first-order valence-electron chi connectivity index (χ1n) is 7.84. The van der Waals surface area contributed by atoms with Gasteiger partial charge in [0.25, 0.3) is 0 Å². The number of hydrogen-bond acceptors (Lipinski definition) is 2. The molecule has 110 valence electrons. The molecule has 1 aromatic carbocycles. The fourth-order valence-electron chi connectivity index (χ4n) is 3.89. The van der Waals surface area contributed by atoms with Crippen molar-refractivity contribution in [2.75, 3.05) is 7.05 Å². The first-order chi connectivity index (χ1) is 9.63. The van der Waals surface area contributed by atoms with E-state index in [1.807, 2.05) is 13.0 Å². The topological polar surface area (TPSA) is 15.3 Å². The SMILES string of the molecule is Cc1cc(F)ccc1CNC1CC2CCCC(C1)N2C. The van der Waals surface area contributed by atoms with Crippen LogP contribution in [0.1, 0.15) is 43.2 Å². The molecular formula is C17H25FN2. The van der Waals surface area contributed by atoms with Crippen molar-refractivity contribution in [1.82, 2.24) is 10.2 Å². The molecule has 2 heterocycles. The van der Waals surface area contributed by atoms with Gasteiger partial charge in [0.1, 0.15) is 5.82 Å². The average Bonchev–Trinajstić information content (AvgIpc) is 2.38. The summed E-state index contributed by atoms with van der Waals surface area (Å²) in [6.07, 6.45) is 6.60.